The molecular weight excluding hydrogens is 1790 g/mol. The second-order valence-corrected chi connectivity index (χ2v) is 38.4. The molecule has 0 spiro atoms. The molecule has 0 amide bonds. The van der Waals surface area contributed by atoms with Crippen LogP contribution in [0.3, 0.4) is 0 Å². The van der Waals surface area contributed by atoms with Crippen molar-refractivity contribution in [3.05, 3.63) is 522 Å². The molecule has 0 atom stereocenters. The van der Waals surface area contributed by atoms with Gasteiger partial charge in [-0.25, -0.2) is 0 Å². The fourth-order valence-electron chi connectivity index (χ4n) is 23.8. The minimum Gasteiger partial charge on any atom is -0.456 e. The number of aromatic nitrogens is 6. The highest BCUT2D eigenvalue weighted by atomic mass is 16.3. The standard InChI is InChI=1S/2C48H30N2O.C42H26N2O/c1-2-11-31(12-3-1)32-21-23-33(24-22-32)34-13-10-14-35(29-34)49-43-19-8-5-17-41(43)47-44(49)28-27-40-37-15-4-7-18-42(37)50(48(40)47)36-25-26-39-38-16-6-9-20-45(38)51-46(39)30-36;1-2-10-31(11-3-1)32-18-20-33(21-19-32)34-22-24-35(25-23-34)49-43-16-8-5-14-41(43)47-44(49)29-28-40-37-12-4-7-15-42(37)50(48(40)47)36-26-27-39-38-13-6-9-17-45(38)51-46(39)30-36;1-2-11-27(12-3-1)28-13-10-14-29(25-28)43-37-19-8-5-17-35(37)41-38(43)24-23-34-31-15-4-7-18-36(31)44(42(34)41)30-21-22-33-32-16-6-9-20-39(32)45-40(33)26-30/h2*1-30H;1-26H. The minimum absolute atomic E-state index is 0.892. The maximum atomic E-state index is 6.39. The Hall–Kier alpha value is -19.7. The molecule has 0 N–H and O–H groups in total. The number of para-hydroxylation sites is 9. The van der Waals surface area contributed by atoms with E-state index in [-0.39, 0.29) is 0 Å². The van der Waals surface area contributed by atoms with E-state index in [9.17, 15) is 0 Å². The molecule has 32 rings (SSSR count). The van der Waals surface area contributed by atoms with Gasteiger partial charge in [-0.3, -0.25) is 0 Å². The molecule has 686 valence electrons. The Bertz CT molecular complexity index is 11000. The minimum atomic E-state index is 0.892. The van der Waals surface area contributed by atoms with Crippen molar-refractivity contribution in [2.24, 2.45) is 0 Å². The first-order chi connectivity index (χ1) is 72.9. The van der Waals surface area contributed by atoms with Crippen molar-refractivity contribution in [3.63, 3.8) is 0 Å². The van der Waals surface area contributed by atoms with Gasteiger partial charge in [0.15, 0.2) is 0 Å². The fraction of sp³-hybridized carbons (Fsp3) is 0. The second kappa shape index (κ2) is 33.5. The van der Waals surface area contributed by atoms with Gasteiger partial charge in [-0.15, -0.1) is 0 Å². The monoisotopic (exact) mass is 1870 g/mol. The summed E-state index contributed by atoms with van der Waals surface area (Å²) in [7, 11) is 0. The van der Waals surface area contributed by atoms with Gasteiger partial charge in [-0.05, 0) is 201 Å². The molecule has 0 saturated heterocycles. The van der Waals surface area contributed by atoms with Gasteiger partial charge in [0.1, 0.15) is 33.5 Å². The number of hydrogen-bond donors (Lipinski definition) is 0. The lowest BCUT2D eigenvalue weighted by Crippen LogP contribution is -1.95. The number of hydrogen-bond acceptors (Lipinski definition) is 3. The molecule has 9 aromatic heterocycles. The zero-order valence-corrected chi connectivity index (χ0v) is 79.6. The predicted molar refractivity (Wildman–Crippen MR) is 614 cm³/mol. The van der Waals surface area contributed by atoms with E-state index in [4.69, 9.17) is 13.3 Å². The summed E-state index contributed by atoms with van der Waals surface area (Å²) in [5, 5.41) is 21.6. The maximum absolute atomic E-state index is 6.39. The number of fused-ring (bicyclic) bond motifs is 30. The average Bonchev–Trinajstić information content (AvgIpc) is 1.55. The van der Waals surface area contributed by atoms with Crippen LogP contribution in [0.1, 0.15) is 0 Å². The van der Waals surface area contributed by atoms with Crippen molar-refractivity contribution in [3.8, 4) is 89.8 Å². The van der Waals surface area contributed by atoms with Crippen LogP contribution in [0.4, 0.5) is 0 Å². The summed E-state index contributed by atoms with van der Waals surface area (Å²) < 4.78 is 33.7. The van der Waals surface area contributed by atoms with Crippen molar-refractivity contribution in [1.29, 1.82) is 0 Å². The summed E-state index contributed by atoms with van der Waals surface area (Å²) in [5.74, 6) is 0. The summed E-state index contributed by atoms with van der Waals surface area (Å²) in [6, 6.07) is 187. The van der Waals surface area contributed by atoms with Crippen molar-refractivity contribution >= 4 is 197 Å². The van der Waals surface area contributed by atoms with E-state index in [0.717, 1.165) is 99.9 Å². The quantitative estimate of drug-likeness (QED) is 0.130. The Morgan fingerprint density at radius 1 is 0.109 bits per heavy atom. The van der Waals surface area contributed by atoms with Gasteiger partial charge in [-0.2, -0.15) is 0 Å². The van der Waals surface area contributed by atoms with E-state index in [2.05, 4.69) is 513 Å². The first kappa shape index (κ1) is 83.1. The Balaban J connectivity index is 0.000000102. The highest BCUT2D eigenvalue weighted by Gasteiger charge is 2.28. The van der Waals surface area contributed by atoms with Gasteiger partial charge in [0.05, 0.1) is 66.2 Å². The van der Waals surface area contributed by atoms with Gasteiger partial charge >= 0.3 is 0 Å². The zero-order chi connectivity index (χ0) is 96.4. The lowest BCUT2D eigenvalue weighted by atomic mass is 10.00. The molecule has 32 aromatic rings. The van der Waals surface area contributed by atoms with Crippen molar-refractivity contribution in [1.82, 2.24) is 27.4 Å². The van der Waals surface area contributed by atoms with Crippen molar-refractivity contribution in [2.45, 2.75) is 0 Å². The second-order valence-electron chi connectivity index (χ2n) is 38.4. The van der Waals surface area contributed by atoms with Gasteiger partial charge < -0.3 is 40.7 Å². The molecule has 0 radical (unpaired) electrons. The van der Waals surface area contributed by atoms with Crippen molar-refractivity contribution < 1.29 is 13.3 Å². The number of benzene rings is 23. The zero-order valence-electron chi connectivity index (χ0n) is 79.6. The van der Waals surface area contributed by atoms with Crippen LogP contribution in [0.5, 0.6) is 0 Å². The first-order valence-electron chi connectivity index (χ1n) is 50.2. The number of nitrogens with zero attached hydrogens (tertiary/aromatic N) is 6. The van der Waals surface area contributed by atoms with Crippen LogP contribution in [0.2, 0.25) is 0 Å². The molecule has 9 heterocycles. The average molecular weight is 1880 g/mol. The van der Waals surface area contributed by atoms with E-state index >= 15 is 0 Å². The van der Waals surface area contributed by atoms with Crippen LogP contribution in [0.25, 0.3) is 286 Å². The largest absolute Gasteiger partial charge is 0.456 e. The lowest BCUT2D eigenvalue weighted by molar-refractivity contribution is 0.668. The van der Waals surface area contributed by atoms with Crippen LogP contribution in [0.15, 0.2) is 535 Å². The van der Waals surface area contributed by atoms with Gasteiger partial charge in [0.25, 0.3) is 0 Å². The highest BCUT2D eigenvalue weighted by molar-refractivity contribution is 6.30. The van der Waals surface area contributed by atoms with E-state index in [1.807, 2.05) is 36.4 Å². The van der Waals surface area contributed by atoms with Crippen LogP contribution in [-0.2, 0) is 0 Å². The summed E-state index contributed by atoms with van der Waals surface area (Å²) in [5.41, 5.74) is 38.4. The maximum Gasteiger partial charge on any atom is 0.137 e. The third kappa shape index (κ3) is 13.3. The molecule has 0 saturated carbocycles. The van der Waals surface area contributed by atoms with E-state index in [1.165, 1.54) is 186 Å². The highest BCUT2D eigenvalue weighted by Crippen LogP contribution is 2.50. The van der Waals surface area contributed by atoms with Crippen LogP contribution >= 0.6 is 0 Å². The summed E-state index contributed by atoms with van der Waals surface area (Å²) in [4.78, 5) is 0. The normalized spacial score (nSPS) is 11.9. The van der Waals surface area contributed by atoms with E-state index in [1.54, 1.807) is 0 Å². The summed E-state index contributed by atoms with van der Waals surface area (Å²) in [6.07, 6.45) is 0. The Morgan fingerprint density at radius 2 is 0.320 bits per heavy atom. The van der Waals surface area contributed by atoms with Gasteiger partial charge in [0, 0.05) is 149 Å². The van der Waals surface area contributed by atoms with Crippen LogP contribution in [0, 0.1) is 0 Å². The van der Waals surface area contributed by atoms with E-state index < -0.39 is 0 Å². The number of furan rings is 3. The SMILES string of the molecule is c1ccc(-c2ccc(-c3ccc(-n4c5ccccc5c5c4ccc4c6ccccc6n(-c6ccc7c(c6)oc6ccccc67)c45)cc3)cc2)cc1.c1ccc(-c2ccc(-c3cccc(-n4c5ccccc5c5c4ccc4c6ccccc6n(-c6ccc7c(c6)oc6ccccc67)c45)c3)cc2)cc1.c1ccc(-c2cccc(-n3c4ccccc4c4c3ccc3c5ccccc5n(-c5ccc6c(c5)oc5ccccc56)c34)c2)cc1. The third-order valence-corrected chi connectivity index (χ3v) is 30.4. The molecular formula is C138H86N6O3. The Morgan fingerprint density at radius 3 is 0.639 bits per heavy atom. The van der Waals surface area contributed by atoms with Gasteiger partial charge in [-0.1, -0.05) is 358 Å². The molecule has 9 nitrogen and oxygen atoms in total. The lowest BCUT2D eigenvalue weighted by Gasteiger charge is -2.12. The molecule has 0 aliphatic heterocycles. The topological polar surface area (TPSA) is 69.0 Å². The summed E-state index contributed by atoms with van der Waals surface area (Å²) >= 11 is 0. The molecule has 147 heavy (non-hydrogen) atoms. The van der Waals surface area contributed by atoms with Gasteiger partial charge in [0.2, 0.25) is 0 Å². The molecule has 0 aliphatic rings. The molecule has 9 heteroatoms. The smallest absolute Gasteiger partial charge is 0.137 e. The third-order valence-electron chi connectivity index (χ3n) is 30.4. The predicted octanol–water partition coefficient (Wildman–Crippen LogP) is 37.7. The number of rotatable bonds is 11. The molecule has 0 aliphatic carbocycles. The molecule has 23 aromatic carbocycles. The van der Waals surface area contributed by atoms with Crippen molar-refractivity contribution in [2.75, 3.05) is 0 Å². The molecule has 0 fully saturated rings. The van der Waals surface area contributed by atoms with E-state index in [0.29, 0.717) is 0 Å². The summed E-state index contributed by atoms with van der Waals surface area (Å²) in [6.45, 7) is 0. The Labute approximate surface area is 842 Å². The molecule has 0 bridgehead atoms. The Kier molecular flexibility index (Phi) is 18.9. The van der Waals surface area contributed by atoms with Crippen LogP contribution in [-0.4, -0.2) is 27.4 Å². The fourth-order valence-corrected chi connectivity index (χ4v) is 23.8. The first-order valence-corrected chi connectivity index (χ1v) is 50.2. The van der Waals surface area contributed by atoms with Crippen LogP contribution < -0.4 is 0 Å². The molecule has 0 unspecified atom stereocenters.